The van der Waals surface area contributed by atoms with E-state index in [9.17, 15) is 28.8 Å². The number of carbonyl (C=O) groups excluding carboxylic acids is 7. The summed E-state index contributed by atoms with van der Waals surface area (Å²) in [4.78, 5) is 96.0. The van der Waals surface area contributed by atoms with Gasteiger partial charge in [0.25, 0.3) is 0 Å². The van der Waals surface area contributed by atoms with Gasteiger partial charge in [0.2, 0.25) is 0 Å². The van der Waals surface area contributed by atoms with Gasteiger partial charge < -0.3 is 54.2 Å². The molecular weight excluding hydrogens is 941 g/mol. The molecule has 6 atom stereocenters. The Labute approximate surface area is 434 Å². The van der Waals surface area contributed by atoms with E-state index in [0.29, 0.717) is 65.1 Å². The van der Waals surface area contributed by atoms with Crippen LogP contribution in [0.2, 0.25) is 0 Å². The Hall–Kier alpha value is -5.33. The molecule has 0 bridgehead atoms. The minimum Gasteiger partial charge on any atom is -0.459 e. The van der Waals surface area contributed by atoms with Crippen LogP contribution >= 0.6 is 0 Å². The van der Waals surface area contributed by atoms with Crippen LogP contribution in [0.15, 0.2) is 36.5 Å². The fourth-order valence-corrected chi connectivity index (χ4v) is 13.0. The number of carbonyl (C=O) groups is 7. The van der Waals surface area contributed by atoms with Crippen LogP contribution in [0.4, 0.5) is 19.2 Å². The molecule has 3 aliphatic carbocycles. The van der Waals surface area contributed by atoms with Crippen molar-refractivity contribution in [3.63, 3.8) is 0 Å². The molecular formula is C54H88N6O13. The van der Waals surface area contributed by atoms with E-state index in [-0.39, 0.29) is 102 Å². The van der Waals surface area contributed by atoms with Crippen LogP contribution in [0.3, 0.4) is 0 Å². The van der Waals surface area contributed by atoms with Gasteiger partial charge in [-0.1, -0.05) is 82.1 Å². The maximum atomic E-state index is 15.1. The summed E-state index contributed by atoms with van der Waals surface area (Å²) in [5.41, 5.74) is -0.886. The van der Waals surface area contributed by atoms with Crippen LogP contribution in [0.25, 0.3) is 0 Å². The van der Waals surface area contributed by atoms with Crippen LogP contribution < -0.4 is 16.0 Å². The molecule has 0 spiro atoms. The highest BCUT2D eigenvalue weighted by molar-refractivity contribution is 5.87. The number of nitrogens with one attached hydrogen (secondary N) is 3. The normalized spacial score (nSPS) is 27.6. The molecule has 4 rings (SSSR count). The molecule has 5 amide bonds. The lowest BCUT2D eigenvalue weighted by atomic mass is 9.62. The van der Waals surface area contributed by atoms with E-state index in [1.165, 1.54) is 0 Å². The smallest absolute Gasteiger partial charge is 0.407 e. The topological polar surface area (TPSA) is 221 Å². The standard InChI is InChI=1S/C54H88N6O13/c1-36(2)42(61)68-16-19-71-45(64)55-39-22-49(7,8)28-52(13,25-39)31-58-34-59(32-53(14)26-40(23-50(9,10)29-53)56-46(65)72-20-17-69-43(62)37(3)4)48(67)60(35-58)33-54(15)27-41(24-51(11,12)30-54)57-47(66)73-21-18-70-44(63)38(5)6/h39-41H,1,3,5,16-35H2,2,4,6-15H3,(H,55,64)(H,56,65)(H,57,66). The predicted octanol–water partition coefficient (Wildman–Crippen LogP) is 8.23. The van der Waals surface area contributed by atoms with Gasteiger partial charge >= 0.3 is 42.2 Å². The quantitative estimate of drug-likeness (QED) is 0.0427. The van der Waals surface area contributed by atoms with Gasteiger partial charge in [0.15, 0.2) is 0 Å². The van der Waals surface area contributed by atoms with Crippen molar-refractivity contribution in [2.45, 2.75) is 159 Å². The summed E-state index contributed by atoms with van der Waals surface area (Å²) in [6.45, 7) is 36.7. The number of ether oxygens (including phenoxy) is 6. The van der Waals surface area contributed by atoms with Gasteiger partial charge in [0, 0.05) is 54.5 Å². The SMILES string of the molecule is C=C(C)C(=O)OCCOC(=O)NC1CC(C)(C)CC(C)(CN2CN(CC3(C)CC(NC(=O)OCCOC(=O)C(=C)C)CC(C)(C)C3)C(=O)N(CC3(C)CC(NC(=O)OCCOC(=O)C(=C)C)CC(C)(C)C3)C2)C1. The van der Waals surface area contributed by atoms with E-state index >= 15 is 4.79 Å². The number of urea groups is 1. The lowest BCUT2D eigenvalue weighted by Gasteiger charge is -2.54. The lowest BCUT2D eigenvalue weighted by Crippen LogP contribution is -2.64. The van der Waals surface area contributed by atoms with E-state index in [1.54, 1.807) is 20.8 Å². The molecule has 0 aromatic rings. The van der Waals surface area contributed by atoms with E-state index in [1.807, 2.05) is 9.80 Å². The van der Waals surface area contributed by atoms with Crippen molar-refractivity contribution in [1.29, 1.82) is 0 Å². The summed E-state index contributed by atoms with van der Waals surface area (Å²) in [5.74, 6) is -1.66. The van der Waals surface area contributed by atoms with Crippen LogP contribution in [0.1, 0.15) is 141 Å². The Balaban J connectivity index is 1.55. The third-order valence-electron chi connectivity index (χ3n) is 14.0. The molecule has 3 saturated carbocycles. The first-order valence-electron chi connectivity index (χ1n) is 25.7. The van der Waals surface area contributed by atoms with Crippen LogP contribution in [0.5, 0.6) is 0 Å². The molecule has 1 heterocycles. The fraction of sp³-hybridized carbons (Fsp3) is 0.759. The highest BCUT2D eigenvalue weighted by atomic mass is 16.6. The predicted molar refractivity (Wildman–Crippen MR) is 275 cm³/mol. The molecule has 0 aromatic carbocycles. The molecule has 3 N–H and O–H groups in total. The first-order chi connectivity index (χ1) is 33.7. The second-order valence-corrected chi connectivity index (χ2v) is 25.2. The van der Waals surface area contributed by atoms with Gasteiger partial charge in [-0.2, -0.15) is 0 Å². The van der Waals surface area contributed by atoms with Crippen molar-refractivity contribution >= 4 is 42.2 Å². The summed E-state index contributed by atoms with van der Waals surface area (Å²) < 4.78 is 31.5. The second-order valence-electron chi connectivity index (χ2n) is 25.2. The Morgan fingerprint density at radius 3 is 0.986 bits per heavy atom. The number of hydrogen-bond donors (Lipinski definition) is 3. The van der Waals surface area contributed by atoms with Crippen LogP contribution in [0, 0.1) is 32.5 Å². The number of rotatable bonds is 21. The number of nitrogens with zero attached hydrogens (tertiary/aromatic N) is 3. The number of hydrogen-bond acceptors (Lipinski definition) is 14. The first-order valence-corrected chi connectivity index (χ1v) is 25.7. The van der Waals surface area contributed by atoms with Crippen molar-refractivity contribution in [2.24, 2.45) is 32.5 Å². The number of alkyl carbamates (subject to hydrolysis) is 3. The molecule has 6 unspecified atom stereocenters. The van der Waals surface area contributed by atoms with Gasteiger partial charge in [0.1, 0.15) is 39.6 Å². The summed E-state index contributed by atoms with van der Waals surface area (Å²) in [7, 11) is 0. The maximum absolute atomic E-state index is 15.1. The molecule has 19 heteroatoms. The van der Waals surface area contributed by atoms with Crippen molar-refractivity contribution in [1.82, 2.24) is 30.7 Å². The van der Waals surface area contributed by atoms with E-state index in [4.69, 9.17) is 28.4 Å². The van der Waals surface area contributed by atoms with E-state index in [2.05, 4.69) is 103 Å². The molecule has 1 aliphatic heterocycles. The van der Waals surface area contributed by atoms with E-state index < -0.39 is 47.0 Å². The Morgan fingerprint density at radius 2 is 0.712 bits per heavy atom. The highest BCUT2D eigenvalue weighted by Crippen LogP contribution is 2.50. The van der Waals surface area contributed by atoms with Crippen molar-refractivity contribution in [3.05, 3.63) is 36.5 Å². The van der Waals surface area contributed by atoms with Gasteiger partial charge in [-0.05, 0) is 111 Å². The summed E-state index contributed by atoms with van der Waals surface area (Å²) in [5, 5.41) is 9.19. The molecule has 19 nitrogen and oxygen atoms in total. The molecule has 0 aromatic heterocycles. The number of esters is 3. The second kappa shape index (κ2) is 24.8. The zero-order chi connectivity index (χ0) is 54.7. The van der Waals surface area contributed by atoms with Crippen LogP contribution in [-0.4, -0.2) is 148 Å². The monoisotopic (exact) mass is 1030 g/mol. The molecule has 0 radical (unpaired) electrons. The molecule has 73 heavy (non-hydrogen) atoms. The Kier molecular flexibility index (Phi) is 20.5. The zero-order valence-electron chi connectivity index (χ0n) is 46.1. The van der Waals surface area contributed by atoms with Gasteiger partial charge in [-0.15, -0.1) is 0 Å². The Bertz CT molecular complexity index is 1980. The first kappa shape index (κ1) is 60.2. The van der Waals surface area contributed by atoms with Gasteiger partial charge in [-0.3, -0.25) is 4.90 Å². The lowest BCUT2D eigenvalue weighted by molar-refractivity contribution is -0.140. The molecule has 1 saturated heterocycles. The van der Waals surface area contributed by atoms with Crippen molar-refractivity contribution in [2.75, 3.05) is 72.6 Å². The summed E-state index contributed by atoms with van der Waals surface area (Å²) in [6.07, 6.45) is 4.66. The van der Waals surface area contributed by atoms with Crippen molar-refractivity contribution in [3.8, 4) is 0 Å². The fourth-order valence-electron chi connectivity index (χ4n) is 13.0. The zero-order valence-corrected chi connectivity index (χ0v) is 46.1. The summed E-state index contributed by atoms with van der Waals surface area (Å²) >= 11 is 0. The molecule has 412 valence electrons. The van der Waals surface area contributed by atoms with Crippen LogP contribution in [-0.2, 0) is 42.8 Å². The van der Waals surface area contributed by atoms with E-state index in [0.717, 1.165) is 25.7 Å². The van der Waals surface area contributed by atoms with Gasteiger partial charge in [-0.25, -0.2) is 33.6 Å². The number of amides is 5. The third kappa shape index (κ3) is 19.8. The third-order valence-corrected chi connectivity index (χ3v) is 14.0. The average Bonchev–Trinajstić information content (AvgIpc) is 3.21. The minimum absolute atomic E-state index is 0.0824. The largest absolute Gasteiger partial charge is 0.459 e. The molecule has 4 fully saturated rings. The summed E-state index contributed by atoms with van der Waals surface area (Å²) in [6, 6.07) is -0.780. The minimum atomic E-state index is -0.606. The van der Waals surface area contributed by atoms with Crippen molar-refractivity contribution < 1.29 is 62.0 Å². The maximum Gasteiger partial charge on any atom is 0.407 e. The Morgan fingerprint density at radius 1 is 0.452 bits per heavy atom. The molecule has 4 aliphatic rings. The highest BCUT2D eigenvalue weighted by Gasteiger charge is 2.49. The van der Waals surface area contributed by atoms with Gasteiger partial charge in [0.05, 0.1) is 13.3 Å². The average molecular weight is 1030 g/mol.